The molecule has 0 aromatic carbocycles. The highest BCUT2D eigenvalue weighted by Crippen LogP contribution is 1.80. The van der Waals surface area contributed by atoms with Gasteiger partial charge >= 0.3 is 0 Å². The molecule has 0 atom stereocenters. The molecule has 0 amide bonds. The SMILES string of the molecule is S=c1cccc[nH]1.c1ccncc1. The van der Waals surface area contributed by atoms with Crippen LogP contribution in [0.4, 0.5) is 0 Å². The van der Waals surface area contributed by atoms with Crippen molar-refractivity contribution in [2.24, 2.45) is 0 Å². The standard InChI is InChI=1S/C5H5NS.C5H5N/c7-5-3-1-2-4-6-5;1-2-4-6-5-3-1/h1-4H,(H,6,7);1-5H. The molecule has 2 aromatic heterocycles. The average molecular weight is 190 g/mol. The second-order valence-electron chi connectivity index (χ2n) is 2.25. The van der Waals surface area contributed by atoms with Gasteiger partial charge in [-0.15, -0.1) is 0 Å². The smallest absolute Gasteiger partial charge is 0.103 e. The fourth-order valence-corrected chi connectivity index (χ4v) is 0.836. The molecule has 0 unspecified atom stereocenters. The topological polar surface area (TPSA) is 28.7 Å². The Morgan fingerprint density at radius 3 is 2.00 bits per heavy atom. The van der Waals surface area contributed by atoms with Gasteiger partial charge in [-0.05, 0) is 24.3 Å². The van der Waals surface area contributed by atoms with E-state index in [2.05, 4.69) is 9.97 Å². The van der Waals surface area contributed by atoms with Crippen LogP contribution in [-0.4, -0.2) is 9.97 Å². The van der Waals surface area contributed by atoms with Crippen molar-refractivity contribution in [3.8, 4) is 0 Å². The van der Waals surface area contributed by atoms with E-state index in [-0.39, 0.29) is 0 Å². The minimum absolute atomic E-state index is 0.780. The third-order valence-electron chi connectivity index (χ3n) is 1.25. The van der Waals surface area contributed by atoms with Gasteiger partial charge in [-0.3, -0.25) is 4.98 Å². The minimum Gasteiger partial charge on any atom is -0.353 e. The predicted molar refractivity (Wildman–Crippen MR) is 55.9 cm³/mol. The third kappa shape index (κ3) is 4.87. The van der Waals surface area contributed by atoms with Crippen molar-refractivity contribution in [3.05, 3.63) is 59.6 Å². The Bertz CT molecular complexity index is 326. The summed E-state index contributed by atoms with van der Waals surface area (Å²) in [5.41, 5.74) is 0. The number of nitrogens with one attached hydrogen (secondary N) is 1. The Morgan fingerprint density at radius 2 is 1.77 bits per heavy atom. The number of rotatable bonds is 0. The molecule has 0 bridgehead atoms. The van der Waals surface area contributed by atoms with E-state index in [0.29, 0.717) is 0 Å². The van der Waals surface area contributed by atoms with Crippen LogP contribution in [-0.2, 0) is 0 Å². The maximum absolute atomic E-state index is 4.76. The number of pyridine rings is 2. The zero-order chi connectivity index (χ0) is 9.36. The molecule has 2 nitrogen and oxygen atoms in total. The Labute approximate surface area is 82.3 Å². The fourth-order valence-electron chi connectivity index (χ4n) is 0.689. The van der Waals surface area contributed by atoms with Crippen molar-refractivity contribution >= 4 is 12.2 Å². The Morgan fingerprint density at radius 1 is 1.00 bits per heavy atom. The molecule has 0 aliphatic heterocycles. The van der Waals surface area contributed by atoms with Gasteiger partial charge in [0.15, 0.2) is 0 Å². The van der Waals surface area contributed by atoms with Crippen LogP contribution in [0.3, 0.4) is 0 Å². The maximum atomic E-state index is 4.76. The lowest BCUT2D eigenvalue weighted by Gasteiger charge is -1.76. The molecule has 0 saturated heterocycles. The minimum atomic E-state index is 0.780. The highest BCUT2D eigenvalue weighted by Gasteiger charge is 1.65. The average Bonchev–Trinajstić information content (AvgIpc) is 2.22. The number of nitrogens with zero attached hydrogens (tertiary/aromatic N) is 1. The van der Waals surface area contributed by atoms with E-state index >= 15 is 0 Å². The monoisotopic (exact) mass is 190 g/mol. The van der Waals surface area contributed by atoms with Crippen LogP contribution < -0.4 is 0 Å². The van der Waals surface area contributed by atoms with E-state index in [1.165, 1.54) is 0 Å². The van der Waals surface area contributed by atoms with Crippen LogP contribution in [0.15, 0.2) is 55.0 Å². The van der Waals surface area contributed by atoms with E-state index < -0.39 is 0 Å². The molecular weight excluding hydrogens is 180 g/mol. The summed E-state index contributed by atoms with van der Waals surface area (Å²) in [7, 11) is 0. The number of aromatic amines is 1. The summed E-state index contributed by atoms with van der Waals surface area (Å²) in [6.45, 7) is 0. The molecule has 0 fully saturated rings. The van der Waals surface area contributed by atoms with Crippen molar-refractivity contribution in [1.82, 2.24) is 9.97 Å². The van der Waals surface area contributed by atoms with Crippen molar-refractivity contribution in [3.63, 3.8) is 0 Å². The largest absolute Gasteiger partial charge is 0.353 e. The summed E-state index contributed by atoms with van der Waals surface area (Å²) in [5, 5.41) is 0. The Balaban J connectivity index is 0.000000132. The van der Waals surface area contributed by atoms with Crippen LogP contribution in [0.25, 0.3) is 0 Å². The van der Waals surface area contributed by atoms with Crippen LogP contribution in [0.5, 0.6) is 0 Å². The zero-order valence-corrected chi connectivity index (χ0v) is 7.87. The Hall–Kier alpha value is -1.48. The molecule has 2 rings (SSSR count). The fraction of sp³-hybridized carbons (Fsp3) is 0. The molecule has 3 heteroatoms. The van der Waals surface area contributed by atoms with Crippen LogP contribution >= 0.6 is 12.2 Å². The molecule has 0 spiro atoms. The van der Waals surface area contributed by atoms with E-state index in [0.717, 1.165) is 4.64 Å². The summed E-state index contributed by atoms with van der Waals surface area (Å²) < 4.78 is 0.780. The summed E-state index contributed by atoms with van der Waals surface area (Å²) in [6.07, 6.45) is 5.31. The first-order valence-corrected chi connectivity index (χ1v) is 4.29. The molecule has 13 heavy (non-hydrogen) atoms. The number of hydrogen-bond acceptors (Lipinski definition) is 2. The van der Waals surface area contributed by atoms with Gasteiger partial charge in [0.2, 0.25) is 0 Å². The van der Waals surface area contributed by atoms with E-state index in [1.54, 1.807) is 12.4 Å². The second kappa shape index (κ2) is 6.08. The highest BCUT2D eigenvalue weighted by molar-refractivity contribution is 7.71. The summed E-state index contributed by atoms with van der Waals surface area (Å²) >= 11 is 4.76. The lowest BCUT2D eigenvalue weighted by molar-refractivity contribution is 1.30. The van der Waals surface area contributed by atoms with E-state index in [4.69, 9.17) is 12.2 Å². The molecule has 0 saturated carbocycles. The maximum Gasteiger partial charge on any atom is 0.103 e. The third-order valence-corrected chi connectivity index (χ3v) is 1.50. The molecule has 1 N–H and O–H groups in total. The molecule has 2 aromatic rings. The lowest BCUT2D eigenvalue weighted by Crippen LogP contribution is -1.64. The van der Waals surface area contributed by atoms with E-state index in [9.17, 15) is 0 Å². The zero-order valence-electron chi connectivity index (χ0n) is 7.05. The van der Waals surface area contributed by atoms with Gasteiger partial charge < -0.3 is 4.98 Å². The van der Waals surface area contributed by atoms with Crippen molar-refractivity contribution in [1.29, 1.82) is 0 Å². The number of hydrogen-bond donors (Lipinski definition) is 1. The van der Waals surface area contributed by atoms with Crippen molar-refractivity contribution in [2.75, 3.05) is 0 Å². The van der Waals surface area contributed by atoms with Crippen molar-refractivity contribution in [2.45, 2.75) is 0 Å². The molecule has 66 valence electrons. The highest BCUT2D eigenvalue weighted by atomic mass is 32.1. The van der Waals surface area contributed by atoms with Crippen LogP contribution in [0.2, 0.25) is 0 Å². The molecule has 0 aliphatic carbocycles. The van der Waals surface area contributed by atoms with Crippen molar-refractivity contribution < 1.29 is 0 Å². The van der Waals surface area contributed by atoms with Gasteiger partial charge in [0.1, 0.15) is 4.64 Å². The van der Waals surface area contributed by atoms with Gasteiger partial charge in [-0.2, -0.15) is 0 Å². The first-order valence-electron chi connectivity index (χ1n) is 3.88. The first kappa shape index (κ1) is 9.61. The molecule has 2 heterocycles. The Kier molecular flexibility index (Phi) is 4.49. The second-order valence-corrected chi connectivity index (χ2v) is 2.69. The molecule has 0 aliphatic rings. The van der Waals surface area contributed by atoms with Gasteiger partial charge in [-0.1, -0.05) is 24.4 Å². The molecular formula is C10H10N2S. The van der Waals surface area contributed by atoms with Gasteiger partial charge in [0.05, 0.1) is 0 Å². The van der Waals surface area contributed by atoms with Gasteiger partial charge in [0, 0.05) is 18.6 Å². The van der Waals surface area contributed by atoms with Crippen LogP contribution in [0.1, 0.15) is 0 Å². The van der Waals surface area contributed by atoms with E-state index in [1.807, 2.05) is 42.6 Å². The van der Waals surface area contributed by atoms with Gasteiger partial charge in [-0.25, -0.2) is 0 Å². The summed E-state index contributed by atoms with van der Waals surface area (Å²) in [6, 6.07) is 11.4. The quantitative estimate of drug-likeness (QED) is 0.647. The molecule has 0 radical (unpaired) electrons. The lowest BCUT2D eigenvalue weighted by atomic mass is 10.5. The number of aromatic nitrogens is 2. The summed E-state index contributed by atoms with van der Waals surface area (Å²) in [4.78, 5) is 6.63. The van der Waals surface area contributed by atoms with Crippen LogP contribution in [0, 0.1) is 4.64 Å². The number of H-pyrrole nitrogens is 1. The predicted octanol–water partition coefficient (Wildman–Crippen LogP) is 2.83. The normalized spacial score (nSPS) is 8.31. The summed E-state index contributed by atoms with van der Waals surface area (Å²) in [5.74, 6) is 0. The van der Waals surface area contributed by atoms with Gasteiger partial charge in [0.25, 0.3) is 0 Å². The first-order chi connectivity index (χ1) is 6.39.